The predicted molar refractivity (Wildman–Crippen MR) is 98.1 cm³/mol. The summed E-state index contributed by atoms with van der Waals surface area (Å²) in [5.74, 6) is 0.945. The van der Waals surface area contributed by atoms with Gasteiger partial charge in [0.15, 0.2) is 11.3 Å². The Hall–Kier alpha value is -2.70. The summed E-state index contributed by atoms with van der Waals surface area (Å²) in [5, 5.41) is 18.7. The van der Waals surface area contributed by atoms with Crippen LogP contribution >= 0.6 is 0 Å². The third-order valence-corrected chi connectivity index (χ3v) is 5.02. The standard InChI is InChI=1S/C19H24N6O/c26-19(18-14-8-3-4-9-15(14)21-24-18)20-12-6-1-2-10-16-22-23-17-11-5-7-13-25(16)17/h5,7,11,13H,1-4,6,8-10,12H2,(H,20,26)(H,21,24). The molecule has 1 amide bonds. The fraction of sp³-hybridized carbons (Fsp3) is 0.474. The molecule has 7 nitrogen and oxygen atoms in total. The second kappa shape index (κ2) is 7.68. The van der Waals surface area contributed by atoms with Gasteiger partial charge in [-0.15, -0.1) is 10.2 Å². The smallest absolute Gasteiger partial charge is 0.272 e. The minimum Gasteiger partial charge on any atom is -0.351 e. The number of unbranched alkanes of at least 4 members (excludes halogenated alkanes) is 2. The van der Waals surface area contributed by atoms with Gasteiger partial charge in [0.05, 0.1) is 0 Å². The Morgan fingerprint density at radius 1 is 1.15 bits per heavy atom. The van der Waals surface area contributed by atoms with Crippen molar-refractivity contribution in [2.45, 2.75) is 51.4 Å². The van der Waals surface area contributed by atoms with Crippen LogP contribution < -0.4 is 5.32 Å². The normalized spacial score (nSPS) is 13.7. The number of pyridine rings is 1. The summed E-state index contributed by atoms with van der Waals surface area (Å²) in [6.07, 6.45) is 10.2. The van der Waals surface area contributed by atoms with Gasteiger partial charge in [-0.25, -0.2) is 0 Å². The number of H-pyrrole nitrogens is 1. The Labute approximate surface area is 152 Å². The Balaban J connectivity index is 1.20. The zero-order valence-corrected chi connectivity index (χ0v) is 14.9. The Kier molecular flexibility index (Phi) is 4.95. The highest BCUT2D eigenvalue weighted by atomic mass is 16.1. The van der Waals surface area contributed by atoms with Crippen molar-refractivity contribution >= 4 is 11.6 Å². The second-order valence-corrected chi connectivity index (χ2v) is 6.85. The molecule has 1 aliphatic carbocycles. The van der Waals surface area contributed by atoms with Crippen LogP contribution in [0.4, 0.5) is 0 Å². The van der Waals surface area contributed by atoms with Crippen LogP contribution in [-0.2, 0) is 19.3 Å². The zero-order valence-electron chi connectivity index (χ0n) is 14.9. The number of aromatic amines is 1. The second-order valence-electron chi connectivity index (χ2n) is 6.85. The molecule has 0 radical (unpaired) electrons. The molecule has 7 heteroatoms. The average molecular weight is 352 g/mol. The van der Waals surface area contributed by atoms with Crippen molar-refractivity contribution in [2.75, 3.05) is 6.54 Å². The topological polar surface area (TPSA) is 88.0 Å². The van der Waals surface area contributed by atoms with Crippen LogP contribution in [0.2, 0.25) is 0 Å². The summed E-state index contributed by atoms with van der Waals surface area (Å²) < 4.78 is 2.03. The summed E-state index contributed by atoms with van der Waals surface area (Å²) in [5.41, 5.74) is 3.74. The molecule has 136 valence electrons. The molecule has 0 unspecified atom stereocenters. The molecule has 0 fully saturated rings. The Morgan fingerprint density at radius 2 is 2.08 bits per heavy atom. The molecular weight excluding hydrogens is 328 g/mol. The molecule has 0 spiro atoms. The number of nitrogens with one attached hydrogen (secondary N) is 2. The van der Waals surface area contributed by atoms with E-state index in [4.69, 9.17) is 0 Å². The quantitative estimate of drug-likeness (QED) is 0.640. The van der Waals surface area contributed by atoms with Crippen LogP contribution in [0.1, 0.15) is 59.7 Å². The number of rotatable bonds is 7. The summed E-state index contributed by atoms with van der Waals surface area (Å²) in [6, 6.07) is 5.91. The molecule has 26 heavy (non-hydrogen) atoms. The van der Waals surface area contributed by atoms with Crippen LogP contribution in [0.25, 0.3) is 5.65 Å². The van der Waals surface area contributed by atoms with E-state index in [-0.39, 0.29) is 5.91 Å². The molecule has 2 N–H and O–H groups in total. The summed E-state index contributed by atoms with van der Waals surface area (Å²) in [6.45, 7) is 0.682. The number of carbonyl (C=O) groups is 1. The van der Waals surface area contributed by atoms with E-state index in [1.807, 2.05) is 28.8 Å². The van der Waals surface area contributed by atoms with Crippen LogP contribution in [0, 0.1) is 0 Å². The molecule has 0 bridgehead atoms. The molecule has 0 atom stereocenters. The maximum absolute atomic E-state index is 12.3. The lowest BCUT2D eigenvalue weighted by atomic mass is 9.96. The Bertz CT molecular complexity index is 896. The molecular formula is C19H24N6O. The molecule has 1 aliphatic rings. The molecule has 0 aromatic carbocycles. The van der Waals surface area contributed by atoms with Gasteiger partial charge < -0.3 is 5.32 Å². The van der Waals surface area contributed by atoms with Crippen LogP contribution in [0.15, 0.2) is 24.4 Å². The lowest BCUT2D eigenvalue weighted by Crippen LogP contribution is -2.26. The molecule has 3 aromatic heterocycles. The first-order valence-corrected chi connectivity index (χ1v) is 9.46. The maximum Gasteiger partial charge on any atom is 0.272 e. The van der Waals surface area contributed by atoms with Crippen molar-refractivity contribution < 1.29 is 4.79 Å². The summed E-state index contributed by atoms with van der Waals surface area (Å²) in [4.78, 5) is 12.3. The van der Waals surface area contributed by atoms with Gasteiger partial charge >= 0.3 is 0 Å². The van der Waals surface area contributed by atoms with Gasteiger partial charge in [0.25, 0.3) is 5.91 Å². The predicted octanol–water partition coefficient (Wildman–Crippen LogP) is 2.47. The first-order chi connectivity index (χ1) is 12.8. The van der Waals surface area contributed by atoms with E-state index in [0.717, 1.165) is 67.7 Å². The van der Waals surface area contributed by atoms with Crippen LogP contribution in [0.3, 0.4) is 0 Å². The molecule has 4 rings (SSSR count). The van der Waals surface area contributed by atoms with Crippen molar-refractivity contribution in [2.24, 2.45) is 0 Å². The maximum atomic E-state index is 12.3. The lowest BCUT2D eigenvalue weighted by molar-refractivity contribution is 0.0947. The third kappa shape index (κ3) is 3.47. The number of hydrogen-bond donors (Lipinski definition) is 2. The summed E-state index contributed by atoms with van der Waals surface area (Å²) >= 11 is 0. The molecule has 0 saturated carbocycles. The van der Waals surface area contributed by atoms with Gasteiger partial charge in [-0.1, -0.05) is 12.5 Å². The molecule has 0 saturated heterocycles. The van der Waals surface area contributed by atoms with Crippen molar-refractivity contribution in [3.63, 3.8) is 0 Å². The van der Waals surface area contributed by atoms with Gasteiger partial charge in [0.1, 0.15) is 5.82 Å². The van der Waals surface area contributed by atoms with E-state index >= 15 is 0 Å². The molecule has 3 heterocycles. The molecule has 3 aromatic rings. The van der Waals surface area contributed by atoms with Crippen molar-refractivity contribution in [1.29, 1.82) is 0 Å². The van der Waals surface area contributed by atoms with Crippen LogP contribution in [-0.4, -0.2) is 37.2 Å². The van der Waals surface area contributed by atoms with E-state index in [9.17, 15) is 4.79 Å². The fourth-order valence-corrected chi connectivity index (χ4v) is 3.60. The van der Waals surface area contributed by atoms with Gasteiger partial charge in [-0.3, -0.25) is 14.3 Å². The van der Waals surface area contributed by atoms with Gasteiger partial charge in [0.2, 0.25) is 0 Å². The van der Waals surface area contributed by atoms with E-state index in [0.29, 0.717) is 12.2 Å². The molecule has 0 aliphatic heterocycles. The minimum absolute atomic E-state index is 0.0483. The largest absolute Gasteiger partial charge is 0.351 e. The highest BCUT2D eigenvalue weighted by Gasteiger charge is 2.21. The van der Waals surface area contributed by atoms with Crippen molar-refractivity contribution in [3.05, 3.63) is 47.2 Å². The number of nitrogens with zero attached hydrogens (tertiary/aromatic N) is 4. The number of amides is 1. The van der Waals surface area contributed by atoms with Gasteiger partial charge in [-0.05, 0) is 50.7 Å². The highest BCUT2D eigenvalue weighted by molar-refractivity contribution is 5.94. The average Bonchev–Trinajstić information content (AvgIpc) is 3.29. The Morgan fingerprint density at radius 3 is 3.04 bits per heavy atom. The first kappa shape index (κ1) is 16.8. The monoisotopic (exact) mass is 352 g/mol. The number of carbonyl (C=O) groups excluding carboxylic acids is 1. The number of aromatic nitrogens is 5. The minimum atomic E-state index is -0.0483. The highest BCUT2D eigenvalue weighted by Crippen LogP contribution is 2.21. The van der Waals surface area contributed by atoms with E-state index in [1.54, 1.807) is 0 Å². The number of hydrogen-bond acceptors (Lipinski definition) is 4. The van der Waals surface area contributed by atoms with Gasteiger partial charge in [-0.2, -0.15) is 5.10 Å². The van der Waals surface area contributed by atoms with E-state index in [1.165, 1.54) is 6.42 Å². The first-order valence-electron chi connectivity index (χ1n) is 9.46. The van der Waals surface area contributed by atoms with E-state index in [2.05, 4.69) is 25.7 Å². The van der Waals surface area contributed by atoms with Crippen LogP contribution in [0.5, 0.6) is 0 Å². The lowest BCUT2D eigenvalue weighted by Gasteiger charge is -2.11. The van der Waals surface area contributed by atoms with Gasteiger partial charge in [0, 0.05) is 30.4 Å². The van der Waals surface area contributed by atoms with Crippen molar-refractivity contribution in [3.8, 4) is 0 Å². The summed E-state index contributed by atoms with van der Waals surface area (Å²) in [7, 11) is 0. The SMILES string of the molecule is O=C(NCCCCCc1nnc2ccccn12)c1n[nH]c2c1CCCC2. The third-order valence-electron chi connectivity index (χ3n) is 5.02. The zero-order chi connectivity index (χ0) is 17.8. The van der Waals surface area contributed by atoms with E-state index < -0.39 is 0 Å². The van der Waals surface area contributed by atoms with Crippen molar-refractivity contribution in [1.82, 2.24) is 30.1 Å². The fourth-order valence-electron chi connectivity index (χ4n) is 3.60. The number of fused-ring (bicyclic) bond motifs is 2. The number of aryl methyl sites for hydroxylation is 2.